The molecule has 138 valence electrons. The Balaban J connectivity index is 1.70. The fourth-order valence-corrected chi connectivity index (χ4v) is 3.16. The summed E-state index contributed by atoms with van der Waals surface area (Å²) in [6.45, 7) is 9.16. The molecule has 1 aromatic carbocycles. The summed E-state index contributed by atoms with van der Waals surface area (Å²) in [4.78, 5) is 10.6. The lowest BCUT2D eigenvalue weighted by Gasteiger charge is -2.48. The van der Waals surface area contributed by atoms with Gasteiger partial charge in [-0.3, -0.25) is 0 Å². The number of anilines is 1. The Bertz CT molecular complexity index is 847. The van der Waals surface area contributed by atoms with Crippen LogP contribution in [0.4, 0.5) is 11.5 Å². The van der Waals surface area contributed by atoms with Crippen molar-refractivity contribution in [2.24, 2.45) is 10.9 Å². The molecule has 1 fully saturated rings. The Labute approximate surface area is 157 Å². The molecule has 0 radical (unpaired) electrons. The highest BCUT2D eigenvalue weighted by Gasteiger charge is 2.46. The molecular formula is C17H22ClN7O. The van der Waals surface area contributed by atoms with Crippen molar-refractivity contribution in [2.75, 3.05) is 11.9 Å². The number of guanidine groups is 1. The first-order valence-corrected chi connectivity index (χ1v) is 9.12. The Morgan fingerprint density at radius 3 is 2.77 bits per heavy atom. The summed E-state index contributed by atoms with van der Waals surface area (Å²) in [7, 11) is 0. The Morgan fingerprint density at radius 2 is 2.08 bits per heavy atom. The number of hydroxylamine groups is 4. The zero-order chi connectivity index (χ0) is 18.4. The average molecular weight is 376 g/mol. The van der Waals surface area contributed by atoms with Gasteiger partial charge in [-0.15, -0.1) is 10.0 Å². The standard InChI is InChI=1S/C17H22ClN7O/c1-10(2)9-23-17-20-15-14(21-22-24(15)11(3)4)16(25(17)26-23)19-13-7-5-6-12(18)8-13/h5-8,10-11,16,19H,9H2,1-4H3. The van der Waals surface area contributed by atoms with E-state index in [2.05, 4.69) is 43.3 Å². The van der Waals surface area contributed by atoms with Gasteiger partial charge in [0, 0.05) is 10.7 Å². The van der Waals surface area contributed by atoms with E-state index < -0.39 is 0 Å². The van der Waals surface area contributed by atoms with Crippen LogP contribution in [0, 0.1) is 5.92 Å². The van der Waals surface area contributed by atoms with Gasteiger partial charge in [-0.25, -0.2) is 4.68 Å². The van der Waals surface area contributed by atoms with Crippen LogP contribution in [0.5, 0.6) is 0 Å². The van der Waals surface area contributed by atoms with Crippen LogP contribution in [0.25, 0.3) is 0 Å². The van der Waals surface area contributed by atoms with Gasteiger partial charge in [0.15, 0.2) is 17.7 Å². The number of halogens is 1. The van der Waals surface area contributed by atoms with Crippen LogP contribution in [0.3, 0.4) is 0 Å². The number of hydrogen-bond acceptors (Lipinski definition) is 7. The van der Waals surface area contributed by atoms with E-state index in [0.29, 0.717) is 10.9 Å². The van der Waals surface area contributed by atoms with E-state index in [1.54, 1.807) is 10.1 Å². The van der Waals surface area contributed by atoms with Crippen molar-refractivity contribution in [2.45, 2.75) is 39.9 Å². The van der Waals surface area contributed by atoms with Crippen molar-refractivity contribution in [3.05, 3.63) is 35.0 Å². The minimum absolute atomic E-state index is 0.161. The summed E-state index contributed by atoms with van der Waals surface area (Å²) < 4.78 is 1.83. The third-order valence-electron chi connectivity index (χ3n) is 4.15. The molecule has 2 aromatic rings. The molecule has 1 unspecified atom stereocenters. The summed E-state index contributed by atoms with van der Waals surface area (Å²) >= 11 is 6.12. The van der Waals surface area contributed by atoms with Gasteiger partial charge < -0.3 is 5.32 Å². The number of nitrogens with zero attached hydrogens (tertiary/aromatic N) is 6. The summed E-state index contributed by atoms with van der Waals surface area (Å²) in [6.07, 6.45) is -0.327. The van der Waals surface area contributed by atoms with Crippen LogP contribution in [-0.2, 0) is 4.94 Å². The number of benzene rings is 1. The molecule has 1 aromatic heterocycles. The molecule has 0 aliphatic carbocycles. The maximum absolute atomic E-state index is 6.12. The first kappa shape index (κ1) is 17.1. The summed E-state index contributed by atoms with van der Waals surface area (Å²) in [5, 5.41) is 16.3. The Kier molecular flexibility index (Phi) is 4.24. The zero-order valence-electron chi connectivity index (χ0n) is 15.2. The van der Waals surface area contributed by atoms with E-state index in [-0.39, 0.29) is 12.2 Å². The molecule has 4 rings (SSSR count). The van der Waals surface area contributed by atoms with Crippen LogP contribution in [0.15, 0.2) is 29.3 Å². The fraction of sp³-hybridized carbons (Fsp3) is 0.471. The predicted molar refractivity (Wildman–Crippen MR) is 99.8 cm³/mol. The molecule has 3 heterocycles. The third kappa shape index (κ3) is 2.89. The van der Waals surface area contributed by atoms with Crippen LogP contribution in [0.1, 0.15) is 45.6 Å². The van der Waals surface area contributed by atoms with E-state index in [0.717, 1.165) is 29.7 Å². The maximum Gasteiger partial charge on any atom is 0.258 e. The molecule has 2 aliphatic rings. The second-order valence-corrected chi connectivity index (χ2v) is 7.60. The Morgan fingerprint density at radius 1 is 1.27 bits per heavy atom. The average Bonchev–Trinajstić information content (AvgIpc) is 2.98. The van der Waals surface area contributed by atoms with Crippen molar-refractivity contribution in [1.29, 1.82) is 0 Å². The highest BCUT2D eigenvalue weighted by Crippen LogP contribution is 2.40. The minimum Gasteiger partial charge on any atom is -0.358 e. The monoisotopic (exact) mass is 375 g/mol. The molecular weight excluding hydrogens is 354 g/mol. The molecule has 0 spiro atoms. The van der Waals surface area contributed by atoms with E-state index in [9.17, 15) is 0 Å². The third-order valence-corrected chi connectivity index (χ3v) is 4.38. The summed E-state index contributed by atoms with van der Waals surface area (Å²) in [6, 6.07) is 7.72. The van der Waals surface area contributed by atoms with E-state index in [1.807, 2.05) is 28.9 Å². The molecule has 8 nitrogen and oxygen atoms in total. The van der Waals surface area contributed by atoms with Crippen LogP contribution < -0.4 is 5.32 Å². The first-order chi connectivity index (χ1) is 12.4. The Hall–Kier alpha value is -2.32. The molecule has 1 N–H and O–H groups in total. The second-order valence-electron chi connectivity index (χ2n) is 7.17. The molecule has 1 saturated heterocycles. The lowest BCUT2D eigenvalue weighted by molar-refractivity contribution is -0.350. The van der Waals surface area contributed by atoms with Gasteiger partial charge in [0.1, 0.15) is 0 Å². The van der Waals surface area contributed by atoms with Gasteiger partial charge >= 0.3 is 0 Å². The van der Waals surface area contributed by atoms with Crippen molar-refractivity contribution in [3.63, 3.8) is 0 Å². The number of nitrogens with one attached hydrogen (secondary N) is 1. The molecule has 26 heavy (non-hydrogen) atoms. The SMILES string of the molecule is CC(C)CN1ON2C1=Nc1c(nnn1C(C)C)C2Nc1cccc(Cl)c1. The minimum atomic E-state index is -0.327. The smallest absolute Gasteiger partial charge is 0.258 e. The topological polar surface area (TPSA) is 70.8 Å². The van der Waals surface area contributed by atoms with E-state index in [4.69, 9.17) is 21.5 Å². The fourth-order valence-electron chi connectivity index (χ4n) is 2.97. The highest BCUT2D eigenvalue weighted by atomic mass is 35.5. The normalized spacial score (nSPS) is 18.6. The van der Waals surface area contributed by atoms with Gasteiger partial charge in [-0.1, -0.05) is 36.7 Å². The zero-order valence-corrected chi connectivity index (χ0v) is 16.0. The van der Waals surface area contributed by atoms with Crippen molar-refractivity contribution in [3.8, 4) is 0 Å². The van der Waals surface area contributed by atoms with Gasteiger partial charge in [0.25, 0.3) is 5.96 Å². The summed E-state index contributed by atoms with van der Waals surface area (Å²) in [5.41, 5.74) is 1.60. The molecule has 0 bridgehead atoms. The van der Waals surface area contributed by atoms with Crippen molar-refractivity contribution in [1.82, 2.24) is 25.1 Å². The predicted octanol–water partition coefficient (Wildman–Crippen LogP) is 3.74. The van der Waals surface area contributed by atoms with E-state index >= 15 is 0 Å². The van der Waals surface area contributed by atoms with Crippen LogP contribution in [0.2, 0.25) is 5.02 Å². The maximum atomic E-state index is 6.12. The van der Waals surface area contributed by atoms with Crippen molar-refractivity contribution < 1.29 is 4.94 Å². The molecule has 0 saturated carbocycles. The van der Waals surface area contributed by atoms with Gasteiger partial charge in [0.2, 0.25) is 0 Å². The number of aromatic nitrogens is 3. The number of hydrogen-bond donors (Lipinski definition) is 1. The van der Waals surface area contributed by atoms with Gasteiger partial charge in [-0.05, 0) is 38.0 Å². The van der Waals surface area contributed by atoms with Crippen molar-refractivity contribution >= 4 is 29.1 Å². The lowest BCUT2D eigenvalue weighted by Crippen LogP contribution is -2.62. The lowest BCUT2D eigenvalue weighted by atomic mass is 10.2. The largest absolute Gasteiger partial charge is 0.358 e. The second kappa shape index (κ2) is 6.44. The molecule has 0 amide bonds. The first-order valence-electron chi connectivity index (χ1n) is 8.74. The summed E-state index contributed by atoms with van der Waals surface area (Å²) in [5.74, 6) is 1.96. The quantitative estimate of drug-likeness (QED) is 0.858. The van der Waals surface area contributed by atoms with Crippen LogP contribution >= 0.6 is 11.6 Å². The number of rotatable bonds is 5. The highest BCUT2D eigenvalue weighted by molar-refractivity contribution is 6.30. The number of fused-ring (bicyclic) bond motifs is 2. The van der Waals surface area contributed by atoms with Gasteiger partial charge in [0.05, 0.1) is 12.6 Å². The van der Waals surface area contributed by atoms with Crippen LogP contribution in [-0.4, -0.2) is 37.6 Å². The molecule has 2 aliphatic heterocycles. The molecule has 1 atom stereocenters. The van der Waals surface area contributed by atoms with Gasteiger partial charge in [-0.2, -0.15) is 15.1 Å². The van der Waals surface area contributed by atoms with E-state index in [1.165, 1.54) is 0 Å². The number of aliphatic imine (C=N–C) groups is 1. The molecule has 9 heteroatoms.